The lowest BCUT2D eigenvalue weighted by Crippen LogP contribution is -2.40. The molecule has 3 atom stereocenters. The maximum Gasteiger partial charge on any atom is 0.0342 e. The topological polar surface area (TPSA) is 12.0 Å². The van der Waals surface area contributed by atoms with Crippen LogP contribution in [0.5, 0.6) is 0 Å². The predicted octanol–water partition coefficient (Wildman–Crippen LogP) is 4.31. The number of hydrogen-bond acceptors (Lipinski definition) is 1. The van der Waals surface area contributed by atoms with Gasteiger partial charge in [-0.3, -0.25) is 0 Å². The summed E-state index contributed by atoms with van der Waals surface area (Å²) in [5, 5.41) is 3.77. The molecule has 0 spiro atoms. The third-order valence-corrected chi connectivity index (χ3v) is 5.91. The fraction of sp³-hybridized carbons (Fsp3) is 0.625. The summed E-state index contributed by atoms with van der Waals surface area (Å²) in [6, 6.07) is 11.3. The first-order chi connectivity index (χ1) is 8.04. The summed E-state index contributed by atoms with van der Waals surface area (Å²) in [7, 11) is 0. The number of benzene rings is 1. The molecule has 0 amide bonds. The standard InChI is InChI=1S/C16H23N/c1-15(2)12-9-10-16(15,3)14(11-12)17-13-7-5-4-6-8-13/h4-8,12,14,17H,9-11H2,1-3H3/t12-,14-,16+/m1/s1. The van der Waals surface area contributed by atoms with Crippen LogP contribution >= 0.6 is 0 Å². The molecule has 0 radical (unpaired) electrons. The Morgan fingerprint density at radius 3 is 2.35 bits per heavy atom. The van der Waals surface area contributed by atoms with Gasteiger partial charge in [-0.05, 0) is 48.1 Å². The molecule has 1 aromatic rings. The van der Waals surface area contributed by atoms with Crippen molar-refractivity contribution in [2.45, 2.75) is 46.1 Å². The quantitative estimate of drug-likeness (QED) is 0.796. The molecule has 0 saturated heterocycles. The highest BCUT2D eigenvalue weighted by Crippen LogP contribution is 2.65. The van der Waals surface area contributed by atoms with E-state index in [4.69, 9.17) is 0 Å². The normalized spacial score (nSPS) is 38.3. The zero-order chi connectivity index (χ0) is 12.1. The Hall–Kier alpha value is -0.980. The summed E-state index contributed by atoms with van der Waals surface area (Å²) < 4.78 is 0. The average molecular weight is 229 g/mol. The first kappa shape index (κ1) is 11.1. The van der Waals surface area contributed by atoms with Crippen molar-refractivity contribution >= 4 is 5.69 Å². The largest absolute Gasteiger partial charge is 0.382 e. The summed E-state index contributed by atoms with van der Waals surface area (Å²) in [6.07, 6.45) is 4.16. The van der Waals surface area contributed by atoms with Gasteiger partial charge in [-0.25, -0.2) is 0 Å². The van der Waals surface area contributed by atoms with Crippen molar-refractivity contribution in [1.82, 2.24) is 0 Å². The molecule has 2 aliphatic rings. The Balaban J connectivity index is 1.83. The number of para-hydroxylation sites is 1. The van der Waals surface area contributed by atoms with Crippen molar-refractivity contribution in [1.29, 1.82) is 0 Å². The molecule has 1 nitrogen and oxygen atoms in total. The fourth-order valence-corrected chi connectivity index (χ4v) is 4.16. The van der Waals surface area contributed by atoms with Gasteiger partial charge < -0.3 is 5.32 Å². The van der Waals surface area contributed by atoms with Gasteiger partial charge in [0.15, 0.2) is 0 Å². The number of rotatable bonds is 2. The van der Waals surface area contributed by atoms with Crippen LogP contribution < -0.4 is 5.32 Å². The molecule has 1 heteroatoms. The van der Waals surface area contributed by atoms with Gasteiger partial charge in [-0.2, -0.15) is 0 Å². The zero-order valence-electron chi connectivity index (χ0n) is 11.2. The van der Waals surface area contributed by atoms with Gasteiger partial charge in [-0.1, -0.05) is 39.0 Å². The highest BCUT2D eigenvalue weighted by Gasteiger charge is 2.61. The molecule has 0 aliphatic heterocycles. The molecule has 92 valence electrons. The van der Waals surface area contributed by atoms with Crippen LogP contribution in [0.25, 0.3) is 0 Å². The van der Waals surface area contributed by atoms with E-state index >= 15 is 0 Å². The second-order valence-corrected chi connectivity index (χ2v) is 6.67. The van der Waals surface area contributed by atoms with Gasteiger partial charge >= 0.3 is 0 Å². The van der Waals surface area contributed by atoms with E-state index < -0.39 is 0 Å². The van der Waals surface area contributed by atoms with Crippen LogP contribution in [0.15, 0.2) is 30.3 Å². The monoisotopic (exact) mass is 229 g/mol. The Kier molecular flexibility index (Phi) is 2.30. The lowest BCUT2D eigenvalue weighted by Gasteiger charge is -2.40. The summed E-state index contributed by atoms with van der Waals surface area (Å²) >= 11 is 0. The van der Waals surface area contributed by atoms with Gasteiger partial charge in [0.2, 0.25) is 0 Å². The summed E-state index contributed by atoms with van der Waals surface area (Å²) in [4.78, 5) is 0. The van der Waals surface area contributed by atoms with Crippen LogP contribution in [-0.4, -0.2) is 6.04 Å². The van der Waals surface area contributed by atoms with Crippen molar-refractivity contribution in [3.63, 3.8) is 0 Å². The van der Waals surface area contributed by atoms with E-state index in [1.807, 2.05) is 0 Å². The summed E-state index contributed by atoms with van der Waals surface area (Å²) in [6.45, 7) is 7.43. The first-order valence-electron chi connectivity index (χ1n) is 6.86. The zero-order valence-corrected chi connectivity index (χ0v) is 11.2. The average Bonchev–Trinajstić information content (AvgIpc) is 2.63. The third-order valence-electron chi connectivity index (χ3n) is 5.91. The van der Waals surface area contributed by atoms with Crippen molar-refractivity contribution < 1.29 is 0 Å². The van der Waals surface area contributed by atoms with E-state index in [2.05, 4.69) is 56.4 Å². The van der Waals surface area contributed by atoms with Gasteiger partial charge in [0.25, 0.3) is 0 Å². The first-order valence-corrected chi connectivity index (χ1v) is 6.86. The highest BCUT2D eigenvalue weighted by atomic mass is 15.0. The van der Waals surface area contributed by atoms with Crippen LogP contribution in [0, 0.1) is 16.7 Å². The second kappa shape index (κ2) is 3.51. The molecule has 0 unspecified atom stereocenters. The summed E-state index contributed by atoms with van der Waals surface area (Å²) in [5.41, 5.74) is 2.24. The highest BCUT2D eigenvalue weighted by molar-refractivity contribution is 5.45. The van der Waals surface area contributed by atoms with Crippen molar-refractivity contribution in [2.75, 3.05) is 5.32 Å². The Morgan fingerprint density at radius 1 is 1.12 bits per heavy atom. The van der Waals surface area contributed by atoms with Crippen LogP contribution in [0.4, 0.5) is 5.69 Å². The van der Waals surface area contributed by atoms with Crippen LogP contribution in [0.3, 0.4) is 0 Å². The van der Waals surface area contributed by atoms with Crippen LogP contribution in [0.2, 0.25) is 0 Å². The number of anilines is 1. The molecule has 17 heavy (non-hydrogen) atoms. The molecule has 2 saturated carbocycles. The molecule has 3 rings (SSSR count). The predicted molar refractivity (Wildman–Crippen MR) is 73.1 cm³/mol. The molecule has 2 bridgehead atoms. The minimum atomic E-state index is 0.466. The molecule has 1 N–H and O–H groups in total. The Labute approximate surface area is 105 Å². The summed E-state index contributed by atoms with van der Waals surface area (Å²) in [5.74, 6) is 0.911. The van der Waals surface area contributed by atoms with Gasteiger partial charge in [-0.15, -0.1) is 0 Å². The van der Waals surface area contributed by atoms with Gasteiger partial charge in [0.1, 0.15) is 0 Å². The van der Waals surface area contributed by atoms with Crippen molar-refractivity contribution in [2.24, 2.45) is 16.7 Å². The maximum absolute atomic E-state index is 3.77. The fourth-order valence-electron chi connectivity index (χ4n) is 4.16. The van der Waals surface area contributed by atoms with Gasteiger partial charge in [0.05, 0.1) is 0 Å². The SMILES string of the molecule is CC1(C)[C@@H]2CC[C@@]1(C)[C@H](Nc1ccccc1)C2. The third kappa shape index (κ3) is 1.44. The van der Waals surface area contributed by atoms with E-state index in [-0.39, 0.29) is 0 Å². The van der Waals surface area contributed by atoms with Crippen molar-refractivity contribution in [3.8, 4) is 0 Å². The van der Waals surface area contributed by atoms with E-state index in [0.29, 0.717) is 16.9 Å². The molecule has 0 aromatic heterocycles. The molecular weight excluding hydrogens is 206 g/mol. The van der Waals surface area contributed by atoms with Crippen LogP contribution in [-0.2, 0) is 0 Å². The van der Waals surface area contributed by atoms with E-state index in [1.165, 1.54) is 24.9 Å². The smallest absolute Gasteiger partial charge is 0.0342 e. The Morgan fingerprint density at radius 2 is 1.82 bits per heavy atom. The lowest BCUT2D eigenvalue weighted by molar-refractivity contribution is 0.142. The van der Waals surface area contributed by atoms with Crippen molar-refractivity contribution in [3.05, 3.63) is 30.3 Å². The van der Waals surface area contributed by atoms with Crippen LogP contribution in [0.1, 0.15) is 40.0 Å². The number of nitrogens with one attached hydrogen (secondary N) is 1. The molecule has 2 aliphatic carbocycles. The number of fused-ring (bicyclic) bond motifs is 2. The minimum Gasteiger partial charge on any atom is -0.382 e. The molecule has 2 fully saturated rings. The second-order valence-electron chi connectivity index (χ2n) is 6.67. The lowest BCUT2D eigenvalue weighted by atomic mass is 9.69. The molecular formula is C16H23N. The Bertz CT molecular complexity index is 409. The minimum absolute atomic E-state index is 0.466. The van der Waals surface area contributed by atoms with E-state index in [9.17, 15) is 0 Å². The maximum atomic E-state index is 3.77. The molecule has 1 aromatic carbocycles. The molecule has 0 heterocycles. The van der Waals surface area contributed by atoms with Gasteiger partial charge in [0, 0.05) is 11.7 Å². The van der Waals surface area contributed by atoms with E-state index in [0.717, 1.165) is 5.92 Å². The van der Waals surface area contributed by atoms with E-state index in [1.54, 1.807) is 0 Å². The number of hydrogen-bond donors (Lipinski definition) is 1.